The van der Waals surface area contributed by atoms with Crippen molar-refractivity contribution < 1.29 is 13.5 Å². The van der Waals surface area contributed by atoms with Gasteiger partial charge in [-0.1, -0.05) is 30.3 Å². The molecule has 0 radical (unpaired) electrons. The standard InChI is InChI=1S/C18H19F2N3O/c19-14-6-7-15(20)16(10-14)23-18(21)22-11-13-8-9-24-17(13)12-4-2-1-3-5-12/h1-7,10,13,17H,8-9,11H2,(H3,21,22,23)/t13-,17-/m1/s1. The van der Waals surface area contributed by atoms with Crippen molar-refractivity contribution in [2.45, 2.75) is 12.5 Å². The molecule has 1 fully saturated rings. The number of guanidine groups is 1. The van der Waals surface area contributed by atoms with E-state index in [0.29, 0.717) is 13.2 Å². The third-order valence-corrected chi connectivity index (χ3v) is 4.03. The average Bonchev–Trinajstić information content (AvgIpc) is 3.06. The zero-order valence-electron chi connectivity index (χ0n) is 13.1. The van der Waals surface area contributed by atoms with Crippen LogP contribution >= 0.6 is 0 Å². The fraction of sp³-hybridized carbons (Fsp3) is 0.278. The number of hydrogen-bond acceptors (Lipinski definition) is 2. The average molecular weight is 331 g/mol. The number of rotatable bonds is 4. The zero-order valence-corrected chi connectivity index (χ0v) is 13.1. The second kappa shape index (κ2) is 7.40. The smallest absolute Gasteiger partial charge is 0.193 e. The van der Waals surface area contributed by atoms with E-state index in [0.717, 1.165) is 30.2 Å². The van der Waals surface area contributed by atoms with E-state index in [-0.39, 0.29) is 23.7 Å². The van der Waals surface area contributed by atoms with Gasteiger partial charge in [0.05, 0.1) is 11.8 Å². The number of anilines is 1. The van der Waals surface area contributed by atoms with Crippen LogP contribution in [-0.4, -0.2) is 19.1 Å². The van der Waals surface area contributed by atoms with Crippen molar-refractivity contribution >= 4 is 11.6 Å². The summed E-state index contributed by atoms with van der Waals surface area (Å²) >= 11 is 0. The van der Waals surface area contributed by atoms with E-state index >= 15 is 0 Å². The Kier molecular flexibility index (Phi) is 5.05. The Bertz CT molecular complexity index is 721. The summed E-state index contributed by atoms with van der Waals surface area (Å²) in [5.74, 6) is -0.871. The molecular weight excluding hydrogens is 312 g/mol. The molecule has 4 nitrogen and oxygen atoms in total. The minimum absolute atomic E-state index is 0.0198. The molecular formula is C18H19F2N3O. The minimum Gasteiger partial charge on any atom is -0.373 e. The molecule has 6 heteroatoms. The number of aliphatic imine (C=N–C) groups is 1. The molecule has 2 aromatic carbocycles. The Hall–Kier alpha value is -2.47. The van der Waals surface area contributed by atoms with Gasteiger partial charge < -0.3 is 15.8 Å². The minimum atomic E-state index is -0.582. The maximum absolute atomic E-state index is 13.6. The molecule has 1 heterocycles. The van der Waals surface area contributed by atoms with E-state index in [4.69, 9.17) is 10.5 Å². The van der Waals surface area contributed by atoms with E-state index in [1.54, 1.807) is 0 Å². The van der Waals surface area contributed by atoms with Crippen LogP contribution in [0.2, 0.25) is 0 Å². The largest absolute Gasteiger partial charge is 0.373 e. The van der Waals surface area contributed by atoms with Gasteiger partial charge in [0, 0.05) is 25.1 Å². The van der Waals surface area contributed by atoms with E-state index in [1.165, 1.54) is 0 Å². The van der Waals surface area contributed by atoms with Crippen molar-refractivity contribution in [1.82, 2.24) is 0 Å². The van der Waals surface area contributed by atoms with Gasteiger partial charge in [0.2, 0.25) is 0 Å². The van der Waals surface area contributed by atoms with Crippen molar-refractivity contribution in [2.75, 3.05) is 18.5 Å². The Morgan fingerprint density at radius 3 is 2.79 bits per heavy atom. The van der Waals surface area contributed by atoms with Crippen LogP contribution in [0.3, 0.4) is 0 Å². The van der Waals surface area contributed by atoms with Gasteiger partial charge in [-0.2, -0.15) is 0 Å². The molecule has 0 aliphatic carbocycles. The molecule has 0 amide bonds. The molecule has 0 saturated carbocycles. The first kappa shape index (κ1) is 16.4. The molecule has 0 spiro atoms. The third-order valence-electron chi connectivity index (χ3n) is 4.03. The zero-order chi connectivity index (χ0) is 16.9. The summed E-state index contributed by atoms with van der Waals surface area (Å²) in [6.45, 7) is 1.13. The highest BCUT2D eigenvalue weighted by Crippen LogP contribution is 2.34. The predicted molar refractivity (Wildman–Crippen MR) is 89.7 cm³/mol. The Morgan fingerprint density at radius 1 is 1.21 bits per heavy atom. The number of nitrogens with one attached hydrogen (secondary N) is 1. The first-order valence-electron chi connectivity index (χ1n) is 7.82. The molecule has 2 atom stereocenters. The number of ether oxygens (including phenoxy) is 1. The topological polar surface area (TPSA) is 59.6 Å². The van der Waals surface area contributed by atoms with Gasteiger partial charge in [-0.3, -0.25) is 4.99 Å². The van der Waals surface area contributed by atoms with E-state index in [9.17, 15) is 8.78 Å². The molecule has 1 saturated heterocycles. The fourth-order valence-corrected chi connectivity index (χ4v) is 2.82. The highest BCUT2D eigenvalue weighted by Gasteiger charge is 2.29. The Morgan fingerprint density at radius 2 is 2.00 bits per heavy atom. The summed E-state index contributed by atoms with van der Waals surface area (Å²) in [6.07, 6.45) is 0.860. The van der Waals surface area contributed by atoms with Crippen LogP contribution in [0, 0.1) is 17.6 Å². The van der Waals surface area contributed by atoms with Crippen molar-refractivity contribution in [3.63, 3.8) is 0 Å². The van der Waals surface area contributed by atoms with Crippen molar-refractivity contribution in [3.8, 4) is 0 Å². The number of nitrogens with two attached hydrogens (primary N) is 1. The third kappa shape index (κ3) is 3.89. The summed E-state index contributed by atoms with van der Waals surface area (Å²) in [6, 6.07) is 13.1. The summed E-state index contributed by atoms with van der Waals surface area (Å²) < 4.78 is 32.6. The number of benzene rings is 2. The maximum Gasteiger partial charge on any atom is 0.193 e. The van der Waals surface area contributed by atoms with Crippen LogP contribution in [0.1, 0.15) is 18.1 Å². The quantitative estimate of drug-likeness (QED) is 0.666. The van der Waals surface area contributed by atoms with Gasteiger partial charge in [-0.25, -0.2) is 8.78 Å². The summed E-state index contributed by atoms with van der Waals surface area (Å²) in [5, 5.41) is 2.60. The highest BCUT2D eigenvalue weighted by molar-refractivity contribution is 5.92. The summed E-state index contributed by atoms with van der Waals surface area (Å²) in [4.78, 5) is 4.26. The molecule has 0 unspecified atom stereocenters. The maximum atomic E-state index is 13.6. The van der Waals surface area contributed by atoms with E-state index < -0.39 is 11.6 Å². The monoisotopic (exact) mass is 331 g/mol. The lowest BCUT2D eigenvalue weighted by Gasteiger charge is -2.17. The summed E-state index contributed by atoms with van der Waals surface area (Å²) in [7, 11) is 0. The van der Waals surface area contributed by atoms with Crippen LogP contribution in [0.4, 0.5) is 14.5 Å². The van der Waals surface area contributed by atoms with Gasteiger partial charge in [-0.05, 0) is 24.1 Å². The molecule has 3 N–H and O–H groups in total. The fourth-order valence-electron chi connectivity index (χ4n) is 2.82. The normalized spacial score (nSPS) is 21.0. The highest BCUT2D eigenvalue weighted by atomic mass is 19.1. The van der Waals surface area contributed by atoms with Crippen molar-refractivity contribution in [1.29, 1.82) is 0 Å². The van der Waals surface area contributed by atoms with Gasteiger partial charge in [-0.15, -0.1) is 0 Å². The molecule has 126 valence electrons. The Labute approximate surface area is 139 Å². The molecule has 24 heavy (non-hydrogen) atoms. The van der Waals surface area contributed by atoms with Crippen LogP contribution in [0.5, 0.6) is 0 Å². The van der Waals surface area contributed by atoms with Crippen LogP contribution in [-0.2, 0) is 4.74 Å². The van der Waals surface area contributed by atoms with E-state index in [1.807, 2.05) is 30.3 Å². The van der Waals surface area contributed by atoms with Gasteiger partial charge in [0.1, 0.15) is 11.6 Å². The number of halogens is 2. The van der Waals surface area contributed by atoms with Crippen LogP contribution in [0.15, 0.2) is 53.5 Å². The second-order valence-electron chi connectivity index (χ2n) is 5.73. The lowest BCUT2D eigenvalue weighted by molar-refractivity contribution is 0.0926. The molecule has 0 aromatic heterocycles. The number of hydrogen-bond donors (Lipinski definition) is 2. The lowest BCUT2D eigenvalue weighted by Crippen LogP contribution is -2.25. The van der Waals surface area contributed by atoms with E-state index in [2.05, 4.69) is 10.3 Å². The number of nitrogens with zero attached hydrogens (tertiary/aromatic N) is 1. The first-order chi connectivity index (χ1) is 11.6. The molecule has 0 bridgehead atoms. The summed E-state index contributed by atoms with van der Waals surface area (Å²) in [5.41, 5.74) is 6.88. The molecule has 2 aromatic rings. The lowest BCUT2D eigenvalue weighted by atomic mass is 9.95. The second-order valence-corrected chi connectivity index (χ2v) is 5.73. The molecule has 3 rings (SSSR count). The predicted octanol–water partition coefficient (Wildman–Crippen LogP) is 3.47. The van der Waals surface area contributed by atoms with Gasteiger partial charge in [0.25, 0.3) is 0 Å². The first-order valence-corrected chi connectivity index (χ1v) is 7.82. The van der Waals surface area contributed by atoms with Gasteiger partial charge >= 0.3 is 0 Å². The van der Waals surface area contributed by atoms with Crippen LogP contribution in [0.25, 0.3) is 0 Å². The van der Waals surface area contributed by atoms with Crippen molar-refractivity contribution in [2.24, 2.45) is 16.6 Å². The SMILES string of the molecule is NC(=NC[C@H]1CCO[C@@H]1c1ccccc1)Nc1cc(F)ccc1F. The molecule has 1 aliphatic heterocycles. The molecule has 1 aliphatic rings. The van der Waals surface area contributed by atoms with Crippen molar-refractivity contribution in [3.05, 3.63) is 65.7 Å². The van der Waals surface area contributed by atoms with Gasteiger partial charge in [0.15, 0.2) is 5.96 Å². The van der Waals surface area contributed by atoms with Crippen LogP contribution < -0.4 is 11.1 Å². The Balaban J connectivity index is 1.65.